The molecule has 0 aliphatic heterocycles. The number of rotatable bonds is 5. The van der Waals surface area contributed by atoms with Gasteiger partial charge in [0.25, 0.3) is 0 Å². The molecule has 0 aliphatic rings. The average molecular weight is 268 g/mol. The first-order valence-corrected chi connectivity index (χ1v) is 6.44. The molecule has 20 heavy (non-hydrogen) atoms. The summed E-state index contributed by atoms with van der Waals surface area (Å²) in [4.78, 5) is 27.6. The number of pyridine rings is 1. The average Bonchev–Trinajstić information content (AvgIpc) is 2.49. The van der Waals surface area contributed by atoms with E-state index in [1.165, 1.54) is 6.20 Å². The fourth-order valence-corrected chi connectivity index (χ4v) is 1.89. The second-order valence-corrected chi connectivity index (χ2v) is 4.54. The van der Waals surface area contributed by atoms with Crippen LogP contribution in [0.2, 0.25) is 0 Å². The molecule has 4 heteroatoms. The van der Waals surface area contributed by atoms with E-state index in [2.05, 4.69) is 10.3 Å². The molecule has 1 aromatic heterocycles. The van der Waals surface area contributed by atoms with Crippen molar-refractivity contribution in [2.45, 2.75) is 19.4 Å². The number of benzene rings is 1. The summed E-state index contributed by atoms with van der Waals surface area (Å²) in [6.07, 6.45) is 2.90. The number of hydrogen-bond donors (Lipinski definition) is 1. The Balaban J connectivity index is 1.91. The van der Waals surface area contributed by atoms with Gasteiger partial charge in [-0.25, -0.2) is 0 Å². The summed E-state index contributed by atoms with van der Waals surface area (Å²) < 4.78 is 0. The number of hydrogen-bond acceptors (Lipinski definition) is 3. The highest BCUT2D eigenvalue weighted by Gasteiger charge is 2.14. The molecule has 0 bridgehead atoms. The molecule has 1 aromatic carbocycles. The quantitative estimate of drug-likeness (QED) is 0.669. The van der Waals surface area contributed by atoms with Crippen molar-refractivity contribution in [3.05, 3.63) is 66.0 Å². The Morgan fingerprint density at radius 3 is 2.55 bits per heavy atom. The van der Waals surface area contributed by atoms with E-state index in [9.17, 15) is 9.59 Å². The maximum atomic E-state index is 11.9. The van der Waals surface area contributed by atoms with E-state index in [0.29, 0.717) is 5.56 Å². The van der Waals surface area contributed by atoms with Crippen molar-refractivity contribution in [1.82, 2.24) is 10.3 Å². The van der Waals surface area contributed by atoms with E-state index in [1.807, 2.05) is 37.3 Å². The monoisotopic (exact) mass is 268 g/mol. The van der Waals surface area contributed by atoms with E-state index in [4.69, 9.17) is 0 Å². The van der Waals surface area contributed by atoms with Crippen LogP contribution in [0.3, 0.4) is 0 Å². The Bertz CT molecular complexity index is 582. The first kappa shape index (κ1) is 13.9. The molecule has 0 saturated carbocycles. The van der Waals surface area contributed by atoms with Crippen molar-refractivity contribution in [2.24, 2.45) is 0 Å². The van der Waals surface area contributed by atoms with Gasteiger partial charge in [-0.05, 0) is 24.6 Å². The summed E-state index contributed by atoms with van der Waals surface area (Å²) in [5.74, 6) is -0.508. The van der Waals surface area contributed by atoms with Crippen LogP contribution in [0.5, 0.6) is 0 Å². The topological polar surface area (TPSA) is 59.1 Å². The normalized spacial score (nSPS) is 11.7. The minimum absolute atomic E-state index is 0.120. The molecule has 1 heterocycles. The summed E-state index contributed by atoms with van der Waals surface area (Å²) in [6, 6.07) is 12.8. The van der Waals surface area contributed by atoms with Gasteiger partial charge in [0.1, 0.15) is 0 Å². The van der Waals surface area contributed by atoms with Crippen LogP contribution in [0.1, 0.15) is 35.3 Å². The van der Waals surface area contributed by atoms with Gasteiger partial charge in [0.2, 0.25) is 5.91 Å². The highest BCUT2D eigenvalue weighted by atomic mass is 16.2. The van der Waals surface area contributed by atoms with Crippen molar-refractivity contribution in [1.29, 1.82) is 0 Å². The Hall–Kier alpha value is -2.49. The lowest BCUT2D eigenvalue weighted by atomic mass is 10.1. The zero-order valence-corrected chi connectivity index (χ0v) is 11.2. The van der Waals surface area contributed by atoms with Crippen LogP contribution in [-0.2, 0) is 4.79 Å². The summed E-state index contributed by atoms with van der Waals surface area (Å²) in [7, 11) is 0. The lowest BCUT2D eigenvalue weighted by molar-refractivity contribution is -0.120. The molecule has 0 aliphatic carbocycles. The molecular weight excluding hydrogens is 252 g/mol. The van der Waals surface area contributed by atoms with E-state index in [0.717, 1.165) is 5.56 Å². The van der Waals surface area contributed by atoms with Crippen LogP contribution in [0, 0.1) is 0 Å². The van der Waals surface area contributed by atoms with Crippen molar-refractivity contribution < 1.29 is 9.59 Å². The standard InChI is InChI=1S/C16H16N2O2/c1-12(13-6-3-2-4-7-13)18-16(20)10-15(19)14-8-5-9-17-11-14/h2-9,11-12H,10H2,1H3,(H,18,20)/t12-/m0/s1. The van der Waals surface area contributed by atoms with Crippen LogP contribution >= 0.6 is 0 Å². The summed E-state index contributed by atoms with van der Waals surface area (Å²) in [6.45, 7) is 1.89. The van der Waals surface area contributed by atoms with Gasteiger partial charge in [0, 0.05) is 18.0 Å². The molecule has 2 rings (SSSR count). The molecule has 0 unspecified atom stereocenters. The number of carbonyl (C=O) groups excluding carboxylic acids is 2. The number of nitrogens with zero attached hydrogens (tertiary/aromatic N) is 1. The molecule has 0 radical (unpaired) electrons. The Kier molecular flexibility index (Phi) is 4.60. The van der Waals surface area contributed by atoms with Gasteiger partial charge in [0.15, 0.2) is 5.78 Å². The first-order valence-electron chi connectivity index (χ1n) is 6.44. The van der Waals surface area contributed by atoms with Gasteiger partial charge in [-0.2, -0.15) is 0 Å². The van der Waals surface area contributed by atoms with Crippen molar-refractivity contribution in [2.75, 3.05) is 0 Å². The molecule has 0 fully saturated rings. The molecular formula is C16H16N2O2. The highest BCUT2D eigenvalue weighted by Crippen LogP contribution is 2.11. The fourth-order valence-electron chi connectivity index (χ4n) is 1.89. The van der Waals surface area contributed by atoms with Gasteiger partial charge in [-0.3, -0.25) is 14.6 Å². The second-order valence-electron chi connectivity index (χ2n) is 4.54. The maximum absolute atomic E-state index is 11.9. The number of aromatic nitrogens is 1. The smallest absolute Gasteiger partial charge is 0.228 e. The minimum atomic E-state index is -0.282. The highest BCUT2D eigenvalue weighted by molar-refractivity contribution is 6.07. The van der Waals surface area contributed by atoms with E-state index in [-0.39, 0.29) is 24.2 Å². The predicted molar refractivity (Wildman–Crippen MR) is 76.2 cm³/mol. The van der Waals surface area contributed by atoms with Crippen molar-refractivity contribution >= 4 is 11.7 Å². The van der Waals surface area contributed by atoms with E-state index >= 15 is 0 Å². The number of nitrogens with one attached hydrogen (secondary N) is 1. The first-order chi connectivity index (χ1) is 9.66. The molecule has 0 spiro atoms. The van der Waals surface area contributed by atoms with Crippen LogP contribution in [-0.4, -0.2) is 16.7 Å². The largest absolute Gasteiger partial charge is 0.349 e. The van der Waals surface area contributed by atoms with Crippen molar-refractivity contribution in [3.63, 3.8) is 0 Å². The van der Waals surface area contributed by atoms with Crippen LogP contribution in [0.15, 0.2) is 54.9 Å². The van der Waals surface area contributed by atoms with Crippen LogP contribution < -0.4 is 5.32 Å². The van der Waals surface area contributed by atoms with E-state index in [1.54, 1.807) is 18.3 Å². The maximum Gasteiger partial charge on any atom is 0.228 e. The third-order valence-corrected chi connectivity index (χ3v) is 2.98. The Morgan fingerprint density at radius 2 is 1.90 bits per heavy atom. The third-order valence-electron chi connectivity index (χ3n) is 2.98. The number of carbonyl (C=O) groups is 2. The Morgan fingerprint density at radius 1 is 1.15 bits per heavy atom. The minimum Gasteiger partial charge on any atom is -0.349 e. The van der Waals surface area contributed by atoms with Gasteiger partial charge in [-0.15, -0.1) is 0 Å². The SMILES string of the molecule is C[C@H](NC(=O)CC(=O)c1cccnc1)c1ccccc1. The van der Waals surface area contributed by atoms with Gasteiger partial charge in [-0.1, -0.05) is 30.3 Å². The summed E-state index contributed by atoms with van der Waals surface area (Å²) >= 11 is 0. The third kappa shape index (κ3) is 3.75. The lowest BCUT2D eigenvalue weighted by Crippen LogP contribution is -2.28. The van der Waals surface area contributed by atoms with Gasteiger partial charge >= 0.3 is 0 Å². The number of amides is 1. The second kappa shape index (κ2) is 6.61. The zero-order valence-electron chi connectivity index (χ0n) is 11.2. The lowest BCUT2D eigenvalue weighted by Gasteiger charge is -2.13. The predicted octanol–water partition coefficient (Wildman–Crippen LogP) is 2.53. The summed E-state index contributed by atoms with van der Waals surface area (Å²) in [5, 5.41) is 2.82. The molecule has 1 atom stereocenters. The Labute approximate surface area is 117 Å². The molecule has 4 nitrogen and oxygen atoms in total. The molecule has 102 valence electrons. The summed E-state index contributed by atoms with van der Waals surface area (Å²) in [5.41, 5.74) is 1.46. The van der Waals surface area contributed by atoms with Gasteiger partial charge < -0.3 is 5.32 Å². The van der Waals surface area contributed by atoms with Gasteiger partial charge in [0.05, 0.1) is 12.5 Å². The molecule has 1 amide bonds. The molecule has 2 aromatic rings. The molecule has 1 N–H and O–H groups in total. The number of ketones is 1. The fraction of sp³-hybridized carbons (Fsp3) is 0.188. The number of Topliss-reactive ketones (excluding diaryl/α,β-unsaturated/α-hetero) is 1. The van der Waals surface area contributed by atoms with Crippen molar-refractivity contribution in [3.8, 4) is 0 Å². The zero-order chi connectivity index (χ0) is 14.4. The van der Waals surface area contributed by atoms with E-state index < -0.39 is 0 Å². The molecule has 0 saturated heterocycles. The van der Waals surface area contributed by atoms with Crippen LogP contribution in [0.4, 0.5) is 0 Å². The van der Waals surface area contributed by atoms with Crippen LogP contribution in [0.25, 0.3) is 0 Å².